The number of hydrogen-bond acceptors (Lipinski definition) is 14. The molecular weight excluding hydrogens is 857 g/mol. The number of nitrogens with one attached hydrogen (secondary N) is 4. The summed E-state index contributed by atoms with van der Waals surface area (Å²) in [6.07, 6.45) is 6.66. The van der Waals surface area contributed by atoms with Gasteiger partial charge in [-0.15, -0.1) is 0 Å². The van der Waals surface area contributed by atoms with Crippen molar-refractivity contribution in [2.24, 2.45) is 0 Å². The number of carboxylic acids is 4. The van der Waals surface area contributed by atoms with Gasteiger partial charge in [0.15, 0.2) is 0 Å². The van der Waals surface area contributed by atoms with E-state index in [0.717, 1.165) is 0 Å². The maximum absolute atomic E-state index is 13.4. The van der Waals surface area contributed by atoms with Crippen molar-refractivity contribution in [1.29, 1.82) is 0 Å². The third-order valence-corrected chi connectivity index (χ3v) is 10.1. The molecule has 370 valence electrons. The Kier molecular flexibility index (Phi) is 37.6. The zero-order valence-electron chi connectivity index (χ0n) is 39.0. The maximum atomic E-state index is 13.4. The predicted octanol–water partition coefficient (Wildman–Crippen LogP) is 0.654. The molecular formula is C42H78N8O13S. The van der Waals surface area contributed by atoms with Crippen molar-refractivity contribution in [2.75, 3.05) is 104 Å². The molecule has 1 aliphatic heterocycles. The Hall–Kier alpha value is -4.38. The molecule has 0 aromatic carbocycles. The molecule has 1 aliphatic rings. The van der Waals surface area contributed by atoms with Gasteiger partial charge in [0, 0.05) is 78.2 Å². The van der Waals surface area contributed by atoms with Crippen LogP contribution in [0, 0.1) is 0 Å². The molecule has 64 heavy (non-hydrogen) atoms. The smallest absolute Gasteiger partial charge is 0.326 e. The van der Waals surface area contributed by atoms with Crippen LogP contribution in [-0.2, 0) is 43.2 Å². The molecule has 0 spiro atoms. The zero-order chi connectivity index (χ0) is 48.9. The van der Waals surface area contributed by atoms with Gasteiger partial charge in [0.05, 0.1) is 32.7 Å². The fourth-order valence-electron chi connectivity index (χ4n) is 6.10. The topological polar surface area (TPSA) is 296 Å². The second-order valence-corrected chi connectivity index (χ2v) is 16.0. The number of ketones is 1. The average Bonchev–Trinajstić information content (AvgIpc) is 3.23. The minimum absolute atomic E-state index is 0.0816. The lowest BCUT2D eigenvalue weighted by Gasteiger charge is -2.33. The fourth-order valence-corrected chi connectivity index (χ4v) is 6.57. The van der Waals surface area contributed by atoms with E-state index in [4.69, 9.17) is 0 Å². The highest BCUT2D eigenvalue weighted by Gasteiger charge is 2.26. The van der Waals surface area contributed by atoms with E-state index in [1.165, 1.54) is 18.2 Å². The minimum Gasteiger partial charge on any atom is -0.480 e. The van der Waals surface area contributed by atoms with Crippen molar-refractivity contribution < 1.29 is 63.6 Å². The summed E-state index contributed by atoms with van der Waals surface area (Å²) in [4.78, 5) is 116. The molecule has 0 radical (unpaired) electrons. The first-order valence-electron chi connectivity index (χ1n) is 22.4. The summed E-state index contributed by atoms with van der Waals surface area (Å²) in [6.45, 7) is 10.3. The molecule has 2 unspecified atom stereocenters. The number of Topliss-reactive ketones (excluding diaryl/α,β-unsaturated/α-hetero) is 1. The van der Waals surface area contributed by atoms with Gasteiger partial charge < -0.3 is 41.7 Å². The minimum atomic E-state index is -1.26. The van der Waals surface area contributed by atoms with Crippen molar-refractivity contribution in [3.8, 4) is 0 Å². The van der Waals surface area contributed by atoms with E-state index in [9.17, 15) is 63.6 Å². The van der Waals surface area contributed by atoms with Crippen molar-refractivity contribution >= 4 is 65.1 Å². The van der Waals surface area contributed by atoms with Gasteiger partial charge in [-0.1, -0.05) is 41.0 Å². The number of thioether (sulfide) groups is 1. The van der Waals surface area contributed by atoms with Gasteiger partial charge in [0.2, 0.25) is 23.6 Å². The number of nitrogens with zero attached hydrogens (tertiary/aromatic N) is 4. The van der Waals surface area contributed by atoms with Crippen LogP contribution in [0.5, 0.6) is 0 Å². The first kappa shape index (κ1) is 61.7. The lowest BCUT2D eigenvalue weighted by molar-refractivity contribution is -0.142. The second kappa shape index (κ2) is 39.0. The molecule has 0 aromatic heterocycles. The van der Waals surface area contributed by atoms with E-state index in [0.29, 0.717) is 57.2 Å². The Morgan fingerprint density at radius 3 is 1.41 bits per heavy atom. The molecule has 21 nitrogen and oxygen atoms in total. The number of carboxylic acid groups (broad SMARTS) is 4. The highest BCUT2D eigenvalue weighted by molar-refractivity contribution is 7.98. The summed E-state index contributed by atoms with van der Waals surface area (Å²) in [5.41, 5.74) is 0. The summed E-state index contributed by atoms with van der Waals surface area (Å²) in [6, 6.07) is -2.29. The molecule has 0 saturated carbocycles. The van der Waals surface area contributed by atoms with Gasteiger partial charge in [0.1, 0.15) is 17.9 Å². The van der Waals surface area contributed by atoms with E-state index in [-0.39, 0.29) is 103 Å². The SMILES string of the molecule is CC.CCC.CCC(=O)CCCCC(=O)NCCCCC(NC(=O)CNC(=O)C(CCSC)NC(=O)CN1CCN(CC(=O)O)CCN(CC(=O)O)CCN(CC(=O)O)CC1)C(=O)O. The summed E-state index contributed by atoms with van der Waals surface area (Å²) in [5.74, 6) is -6.00. The highest BCUT2D eigenvalue weighted by atomic mass is 32.2. The van der Waals surface area contributed by atoms with Crippen LogP contribution in [0.1, 0.15) is 98.8 Å². The number of hydrogen-bond donors (Lipinski definition) is 8. The number of unbranched alkanes of at least 4 members (excludes halogenated alkanes) is 2. The normalized spacial score (nSPS) is 15.2. The summed E-state index contributed by atoms with van der Waals surface area (Å²) in [7, 11) is 0. The van der Waals surface area contributed by atoms with Gasteiger partial charge in [-0.25, -0.2) is 4.79 Å². The van der Waals surface area contributed by atoms with Gasteiger partial charge in [-0.05, 0) is 50.5 Å². The van der Waals surface area contributed by atoms with Crippen LogP contribution < -0.4 is 21.3 Å². The van der Waals surface area contributed by atoms with Crippen LogP contribution >= 0.6 is 11.8 Å². The Labute approximate surface area is 383 Å². The zero-order valence-corrected chi connectivity index (χ0v) is 39.8. The summed E-state index contributed by atoms with van der Waals surface area (Å²) < 4.78 is 0. The number of rotatable bonds is 28. The molecule has 1 heterocycles. The third kappa shape index (κ3) is 34.1. The molecule has 8 N–H and O–H groups in total. The Balaban J connectivity index is 0. The maximum Gasteiger partial charge on any atom is 0.326 e. The first-order valence-corrected chi connectivity index (χ1v) is 23.7. The average molecular weight is 935 g/mol. The van der Waals surface area contributed by atoms with Crippen molar-refractivity contribution in [1.82, 2.24) is 40.9 Å². The second-order valence-electron chi connectivity index (χ2n) is 15.0. The van der Waals surface area contributed by atoms with E-state index in [1.807, 2.05) is 20.1 Å². The molecule has 1 rings (SSSR count). The van der Waals surface area contributed by atoms with E-state index < -0.39 is 60.2 Å². The van der Waals surface area contributed by atoms with Crippen molar-refractivity contribution in [2.45, 2.75) is 111 Å². The van der Waals surface area contributed by atoms with Gasteiger partial charge >= 0.3 is 23.9 Å². The molecule has 1 fully saturated rings. The highest BCUT2D eigenvalue weighted by Crippen LogP contribution is 2.06. The molecule has 0 bridgehead atoms. The van der Waals surface area contributed by atoms with Crippen LogP contribution in [0.25, 0.3) is 0 Å². The largest absolute Gasteiger partial charge is 0.480 e. The molecule has 1 saturated heterocycles. The first-order chi connectivity index (χ1) is 30.4. The van der Waals surface area contributed by atoms with E-state index in [2.05, 4.69) is 35.1 Å². The summed E-state index contributed by atoms with van der Waals surface area (Å²) >= 11 is 1.43. The van der Waals surface area contributed by atoms with Gasteiger partial charge in [-0.2, -0.15) is 11.8 Å². The Morgan fingerprint density at radius 2 is 0.984 bits per heavy atom. The van der Waals surface area contributed by atoms with Crippen LogP contribution in [0.3, 0.4) is 0 Å². The van der Waals surface area contributed by atoms with E-state index in [1.54, 1.807) is 26.5 Å². The predicted molar refractivity (Wildman–Crippen MR) is 244 cm³/mol. The summed E-state index contributed by atoms with van der Waals surface area (Å²) in [5, 5.41) is 48.2. The fraction of sp³-hybridized carbons (Fsp3) is 0.786. The van der Waals surface area contributed by atoms with Crippen LogP contribution in [0.15, 0.2) is 0 Å². The van der Waals surface area contributed by atoms with Gasteiger partial charge in [0.25, 0.3) is 0 Å². The monoisotopic (exact) mass is 935 g/mol. The van der Waals surface area contributed by atoms with E-state index >= 15 is 0 Å². The number of aliphatic carboxylic acids is 4. The number of carbonyl (C=O) groups excluding carboxylic acids is 5. The van der Waals surface area contributed by atoms with Crippen LogP contribution in [0.4, 0.5) is 0 Å². The van der Waals surface area contributed by atoms with Crippen LogP contribution in [0.2, 0.25) is 0 Å². The van der Waals surface area contributed by atoms with Crippen molar-refractivity contribution in [3.05, 3.63) is 0 Å². The Morgan fingerprint density at radius 1 is 0.547 bits per heavy atom. The Bertz CT molecular complexity index is 1380. The third-order valence-electron chi connectivity index (χ3n) is 9.44. The standard InChI is InChI=1S/C37H64N8O13S.C3H8.C2H6/c1-3-27(46)8-4-5-10-30(47)38-12-7-6-9-29(37(57)58)41-31(48)22-39-36(56)28(11-21-59-2)40-32(49)23-42-13-15-43(24-33(50)51)17-19-45(26-35(54)55)20-18-44(16-14-42)25-34(52)53;1-3-2;1-2/h28-29H,3-26H2,1-2H3,(H,38,47)(H,39,56)(H,40,49)(H,41,48)(H,50,51)(H,52,53)(H,54,55)(H,57,58);3H2,1-2H3;1-2H3. The van der Waals surface area contributed by atoms with Crippen LogP contribution in [-0.4, -0.2) is 209 Å². The number of amides is 4. The molecule has 0 aliphatic carbocycles. The molecule has 4 amide bonds. The lowest BCUT2D eigenvalue weighted by Crippen LogP contribution is -2.53. The van der Waals surface area contributed by atoms with Crippen molar-refractivity contribution in [3.63, 3.8) is 0 Å². The molecule has 2 atom stereocenters. The quantitative estimate of drug-likeness (QED) is 0.0500. The van der Waals surface area contributed by atoms with Gasteiger partial charge in [-0.3, -0.25) is 58.0 Å². The number of carbonyl (C=O) groups is 9. The molecule has 0 aromatic rings. The molecule has 22 heteroatoms. The lowest BCUT2D eigenvalue weighted by atomic mass is 10.1.